The van der Waals surface area contributed by atoms with Crippen LogP contribution in [0.5, 0.6) is 0 Å². The van der Waals surface area contributed by atoms with E-state index >= 15 is 0 Å². The van der Waals surface area contributed by atoms with Gasteiger partial charge in [-0.1, -0.05) is 87.8 Å². The Morgan fingerprint density at radius 3 is 2.25 bits per heavy atom. The Hall–Kier alpha value is -1.60. The van der Waals surface area contributed by atoms with Crippen LogP contribution in [0.2, 0.25) is 15.1 Å². The third-order valence-electron chi connectivity index (χ3n) is 9.33. The van der Waals surface area contributed by atoms with Gasteiger partial charge in [0.2, 0.25) is 8.32 Å². The second kappa shape index (κ2) is 12.3. The molecular weight excluding hydrogens is 514 g/mol. The summed E-state index contributed by atoms with van der Waals surface area (Å²) in [7, 11) is -2.21. The summed E-state index contributed by atoms with van der Waals surface area (Å²) in [5, 5.41) is 7.67. The summed E-state index contributed by atoms with van der Waals surface area (Å²) in [6.07, 6.45) is 10.3. The van der Waals surface area contributed by atoms with E-state index in [1.807, 2.05) is 0 Å². The summed E-state index contributed by atoms with van der Waals surface area (Å²) in [5.41, 5.74) is 1.87. The van der Waals surface area contributed by atoms with E-state index in [-0.39, 0.29) is 39.8 Å². The lowest BCUT2D eigenvalue weighted by molar-refractivity contribution is -0.580. The molecule has 0 amide bonds. The van der Waals surface area contributed by atoms with Crippen molar-refractivity contribution in [3.8, 4) is 0 Å². The summed E-state index contributed by atoms with van der Waals surface area (Å²) in [5.74, 6) is 0.886. The monoisotopic (exact) mass is 574 g/mol. The molecule has 0 aromatic heterocycles. The Kier molecular flexibility index (Phi) is 10.1. The second-order valence-corrected chi connectivity index (χ2v) is 21.7. The zero-order chi connectivity index (χ0) is 30.1. The highest BCUT2D eigenvalue weighted by Gasteiger charge is 2.62. The smallest absolute Gasteiger partial charge is 0.351 e. The predicted octanol–water partition coefficient (Wildman–Crippen LogP) is 7.56. The van der Waals surface area contributed by atoms with Crippen LogP contribution in [0.25, 0.3) is 0 Å². The number of carbonyl (C=O) groups excluding carboxylic acids is 1. The van der Waals surface area contributed by atoms with Gasteiger partial charge in [0.25, 0.3) is 0 Å². The fraction of sp³-hybridized carbons (Fsp3) is 0.818. The molecule has 6 nitrogen and oxygen atoms in total. The van der Waals surface area contributed by atoms with Crippen LogP contribution in [-0.4, -0.2) is 55.7 Å². The molecule has 3 rings (SSSR count). The van der Waals surface area contributed by atoms with Gasteiger partial charge in [0.1, 0.15) is 18.2 Å². The Balaban J connectivity index is 1.66. The van der Waals surface area contributed by atoms with E-state index in [1.165, 1.54) is 0 Å². The first kappa shape index (κ1) is 32.9. The van der Waals surface area contributed by atoms with Crippen LogP contribution in [0.3, 0.4) is 0 Å². The minimum Gasteiger partial charge on any atom is -0.458 e. The molecule has 0 aliphatic carbocycles. The van der Waals surface area contributed by atoms with Crippen molar-refractivity contribution in [2.24, 2.45) is 0 Å². The summed E-state index contributed by atoms with van der Waals surface area (Å²) >= 11 is 0. The summed E-state index contributed by atoms with van der Waals surface area (Å²) in [4.78, 5) is 13.2. The Bertz CT molecular complexity index is 960. The highest BCUT2D eigenvalue weighted by molar-refractivity contribution is 6.82. The molecule has 4 atom stereocenters. The van der Waals surface area contributed by atoms with Crippen LogP contribution in [0.15, 0.2) is 23.9 Å². The van der Waals surface area contributed by atoms with Crippen LogP contribution < -0.4 is 10.6 Å². The van der Waals surface area contributed by atoms with Gasteiger partial charge in [-0.25, -0.2) is 10.1 Å². The molecule has 3 aliphatic rings. The van der Waals surface area contributed by atoms with E-state index in [0.717, 1.165) is 68.6 Å². The zero-order valence-electron chi connectivity index (χ0n) is 27.6. The van der Waals surface area contributed by atoms with Gasteiger partial charge in [0, 0.05) is 18.9 Å². The normalized spacial score (nSPS) is 24.3. The third-order valence-corrected chi connectivity index (χ3v) is 16.4. The third kappa shape index (κ3) is 6.56. The number of allylic oxidation sites excluding steroid dienone is 1. The number of hydrogen-bond acceptors (Lipinski definition) is 5. The summed E-state index contributed by atoms with van der Waals surface area (Å²) in [6.45, 7) is 30.0. The molecule has 2 N–H and O–H groups in total. The molecule has 0 radical (unpaired) electrons. The van der Waals surface area contributed by atoms with Crippen molar-refractivity contribution in [1.82, 2.24) is 10.6 Å². The molecule has 0 saturated carbocycles. The maximum absolute atomic E-state index is 13.2. The molecule has 228 valence electrons. The highest BCUT2D eigenvalue weighted by atomic mass is 28.4. The van der Waals surface area contributed by atoms with Gasteiger partial charge in [-0.15, -0.1) is 0 Å². The van der Waals surface area contributed by atoms with Gasteiger partial charge >= 0.3 is 11.9 Å². The van der Waals surface area contributed by atoms with Crippen molar-refractivity contribution in [3.63, 3.8) is 0 Å². The van der Waals surface area contributed by atoms with Crippen molar-refractivity contribution in [1.29, 1.82) is 0 Å². The van der Waals surface area contributed by atoms with E-state index in [9.17, 15) is 4.79 Å². The first-order valence-corrected chi connectivity index (χ1v) is 17.7. The molecule has 1 fully saturated rings. The van der Waals surface area contributed by atoms with Crippen molar-refractivity contribution < 1.29 is 18.5 Å². The summed E-state index contributed by atoms with van der Waals surface area (Å²) in [6, 6.07) is 1.02. The van der Waals surface area contributed by atoms with Gasteiger partial charge in [0.15, 0.2) is 0 Å². The molecule has 0 aromatic carbocycles. The largest absolute Gasteiger partial charge is 0.458 e. The first-order valence-electron chi connectivity index (χ1n) is 15.8. The van der Waals surface area contributed by atoms with Crippen LogP contribution in [0.1, 0.15) is 128 Å². The van der Waals surface area contributed by atoms with E-state index in [0.29, 0.717) is 12.1 Å². The van der Waals surface area contributed by atoms with Crippen molar-refractivity contribution in [2.75, 3.05) is 6.61 Å². The minimum absolute atomic E-state index is 0.104. The van der Waals surface area contributed by atoms with Gasteiger partial charge in [-0.05, 0) is 54.6 Å². The van der Waals surface area contributed by atoms with Crippen LogP contribution >= 0.6 is 0 Å². The van der Waals surface area contributed by atoms with E-state index in [2.05, 4.69) is 97.9 Å². The van der Waals surface area contributed by atoms with Crippen molar-refractivity contribution in [3.05, 3.63) is 23.9 Å². The molecular formula is C33H60N3O3Si+. The Labute approximate surface area is 246 Å². The fourth-order valence-corrected chi connectivity index (χ4v) is 17.4. The average molecular weight is 575 g/mol. The number of unbranched alkanes of at least 4 members (excludes halogenated alkanes) is 2. The van der Waals surface area contributed by atoms with Crippen LogP contribution in [0, 0.1) is 0 Å². The maximum Gasteiger partial charge on any atom is 0.351 e. The average Bonchev–Trinajstić information content (AvgIpc) is 3.22. The molecule has 3 heterocycles. The summed E-state index contributed by atoms with van der Waals surface area (Å²) < 4.78 is 15.2. The number of nitrogens with one attached hydrogen (secondary N) is 2. The van der Waals surface area contributed by atoms with Gasteiger partial charge in [-0.3, -0.25) is 9.89 Å². The quantitative estimate of drug-likeness (QED) is 0.0877. The number of guanidine groups is 1. The standard InChI is InChI=1S/C33H59N3O3Si/c1-13-21-38-29(37)28-26(35-30-34-23(2)22-25-19-20-27(28)36(25)30)18-16-14-15-17-24(3)39-40(31(4,5)6,32(7,8)9)33(10,11)12/h13,23-25,27H,1,14-22H2,2-12H3,(H,34,35,37)/p+1/t23-,24+,25+,27-/m0/s1. The van der Waals surface area contributed by atoms with Gasteiger partial charge in [-0.2, -0.15) is 0 Å². The SMILES string of the molecule is C=CCOC(=O)C1=C(CCCCC[C@@H](C)O[Si](C(C)(C)C)(C(C)(C)C)C(C)(C)C)NC2=[N+]3[C@H](CC[C@@H]13)C[C@H](C)N2. The highest BCUT2D eigenvalue weighted by Crippen LogP contribution is 2.62. The number of rotatable bonds is 11. The van der Waals surface area contributed by atoms with E-state index in [4.69, 9.17) is 9.16 Å². The zero-order valence-corrected chi connectivity index (χ0v) is 28.6. The van der Waals surface area contributed by atoms with Crippen LogP contribution in [0.4, 0.5) is 0 Å². The van der Waals surface area contributed by atoms with Crippen molar-refractivity contribution >= 4 is 20.2 Å². The topological polar surface area (TPSA) is 62.6 Å². The molecule has 7 heteroatoms. The van der Waals surface area contributed by atoms with Crippen molar-refractivity contribution in [2.45, 2.75) is 167 Å². The fourth-order valence-electron chi connectivity index (χ4n) is 8.87. The van der Waals surface area contributed by atoms with E-state index in [1.54, 1.807) is 6.08 Å². The van der Waals surface area contributed by atoms with Crippen LogP contribution in [-0.2, 0) is 14.0 Å². The number of ether oxygens (including phenoxy) is 1. The molecule has 0 bridgehead atoms. The molecule has 0 unspecified atom stereocenters. The number of esters is 1. The minimum atomic E-state index is -2.21. The Morgan fingerprint density at radius 1 is 1.05 bits per heavy atom. The maximum atomic E-state index is 13.2. The second-order valence-electron chi connectivity index (χ2n) is 15.6. The lowest BCUT2D eigenvalue weighted by Crippen LogP contribution is -2.62. The lowest BCUT2D eigenvalue weighted by atomic mass is 9.97. The Morgan fingerprint density at radius 2 is 1.68 bits per heavy atom. The van der Waals surface area contributed by atoms with E-state index < -0.39 is 8.32 Å². The predicted molar refractivity (Wildman–Crippen MR) is 169 cm³/mol. The van der Waals surface area contributed by atoms with Gasteiger partial charge in [0.05, 0.1) is 17.8 Å². The van der Waals surface area contributed by atoms with Gasteiger partial charge < -0.3 is 9.16 Å². The molecule has 0 spiro atoms. The first-order chi connectivity index (χ1) is 18.4. The number of carbonyl (C=O) groups is 1. The molecule has 0 aromatic rings. The number of hydrogen-bond donors (Lipinski definition) is 2. The molecule has 3 aliphatic heterocycles. The molecule has 1 saturated heterocycles. The number of nitrogens with zero attached hydrogens (tertiary/aromatic N) is 1. The lowest BCUT2D eigenvalue weighted by Gasteiger charge is -2.59. The molecule has 40 heavy (non-hydrogen) atoms.